The first-order valence-corrected chi connectivity index (χ1v) is 9.76. The van der Waals surface area contributed by atoms with Crippen molar-refractivity contribution < 1.29 is 4.74 Å². The SMILES string of the molecule is Cc1c(Nc2ncc3cccc(C4(C#N)CC4)c3n2)cnn1C1CCOCC1. The predicted molar refractivity (Wildman–Crippen MR) is 105 cm³/mol. The number of fused-ring (bicyclic) bond motifs is 1. The summed E-state index contributed by atoms with van der Waals surface area (Å²) in [6, 6.07) is 8.84. The quantitative estimate of drug-likeness (QED) is 0.747. The van der Waals surface area contributed by atoms with Crippen LogP contribution in [0.5, 0.6) is 0 Å². The molecule has 1 N–H and O–H groups in total. The minimum absolute atomic E-state index is 0.374. The average molecular weight is 374 g/mol. The highest BCUT2D eigenvalue weighted by molar-refractivity contribution is 5.84. The molecular weight excluding hydrogens is 352 g/mol. The Hall–Kier alpha value is -2.98. The highest BCUT2D eigenvalue weighted by Gasteiger charge is 2.46. The van der Waals surface area contributed by atoms with E-state index in [1.54, 1.807) is 0 Å². The first kappa shape index (κ1) is 17.1. The first-order valence-electron chi connectivity index (χ1n) is 9.76. The van der Waals surface area contributed by atoms with Gasteiger partial charge in [0, 0.05) is 24.8 Å². The Bertz CT molecular complexity index is 1070. The van der Waals surface area contributed by atoms with Crippen LogP contribution in [-0.4, -0.2) is 33.0 Å². The Kier molecular flexibility index (Phi) is 4.02. The average Bonchev–Trinajstić information content (AvgIpc) is 3.46. The molecule has 7 heteroatoms. The molecule has 5 rings (SSSR count). The maximum absolute atomic E-state index is 9.61. The van der Waals surface area contributed by atoms with Crippen LogP contribution < -0.4 is 5.32 Å². The van der Waals surface area contributed by atoms with Crippen LogP contribution in [0, 0.1) is 18.3 Å². The van der Waals surface area contributed by atoms with E-state index < -0.39 is 0 Å². The first-order chi connectivity index (χ1) is 13.7. The number of para-hydroxylation sites is 1. The third-order valence-corrected chi connectivity index (χ3v) is 5.92. The molecule has 2 fully saturated rings. The maximum Gasteiger partial charge on any atom is 0.227 e. The Morgan fingerprint density at radius 2 is 2.07 bits per heavy atom. The molecule has 0 radical (unpaired) electrons. The molecular formula is C21H22N6O. The lowest BCUT2D eigenvalue weighted by Gasteiger charge is -2.23. The van der Waals surface area contributed by atoms with Crippen molar-refractivity contribution >= 4 is 22.5 Å². The fourth-order valence-corrected chi connectivity index (χ4v) is 4.03. The lowest BCUT2D eigenvalue weighted by atomic mass is 9.95. The number of nitrogens with one attached hydrogen (secondary N) is 1. The van der Waals surface area contributed by atoms with Crippen molar-refractivity contribution in [2.75, 3.05) is 18.5 Å². The normalized spacial score (nSPS) is 18.7. The summed E-state index contributed by atoms with van der Waals surface area (Å²) in [5.74, 6) is 0.531. The number of rotatable bonds is 4. The van der Waals surface area contributed by atoms with Crippen molar-refractivity contribution in [3.05, 3.63) is 41.9 Å². The lowest BCUT2D eigenvalue weighted by Crippen LogP contribution is -2.21. The number of hydrogen-bond donors (Lipinski definition) is 1. The minimum atomic E-state index is -0.380. The molecule has 1 aromatic carbocycles. The summed E-state index contributed by atoms with van der Waals surface area (Å²) in [7, 11) is 0. The van der Waals surface area contributed by atoms with E-state index in [0.29, 0.717) is 12.0 Å². The molecule has 0 amide bonds. The second-order valence-electron chi connectivity index (χ2n) is 7.69. The number of nitrogens with zero attached hydrogens (tertiary/aromatic N) is 5. The summed E-state index contributed by atoms with van der Waals surface area (Å²) in [6.07, 6.45) is 7.41. The van der Waals surface area contributed by atoms with E-state index in [0.717, 1.165) is 66.7 Å². The van der Waals surface area contributed by atoms with E-state index >= 15 is 0 Å². The molecule has 3 heterocycles. The summed E-state index contributed by atoms with van der Waals surface area (Å²) >= 11 is 0. The number of benzene rings is 1. The molecule has 142 valence electrons. The molecule has 1 saturated carbocycles. The van der Waals surface area contributed by atoms with Crippen LogP contribution in [0.15, 0.2) is 30.6 Å². The van der Waals surface area contributed by atoms with E-state index in [4.69, 9.17) is 9.72 Å². The molecule has 1 saturated heterocycles. The monoisotopic (exact) mass is 374 g/mol. The molecule has 0 unspecified atom stereocenters. The smallest absolute Gasteiger partial charge is 0.227 e. The van der Waals surface area contributed by atoms with Crippen molar-refractivity contribution in [1.29, 1.82) is 5.26 Å². The van der Waals surface area contributed by atoms with Crippen LogP contribution >= 0.6 is 0 Å². The third kappa shape index (κ3) is 2.81. The van der Waals surface area contributed by atoms with Gasteiger partial charge in [-0.2, -0.15) is 10.4 Å². The van der Waals surface area contributed by atoms with Gasteiger partial charge in [-0.15, -0.1) is 0 Å². The standard InChI is InChI=1S/C21H22N6O/c1-14-18(12-24-27(14)16-5-9-28-10-6-16)25-20-23-11-15-3-2-4-17(19(15)26-20)21(13-22)7-8-21/h2-4,11-12,16H,5-10H2,1H3,(H,23,25,26). The Morgan fingerprint density at radius 1 is 1.25 bits per heavy atom. The third-order valence-electron chi connectivity index (χ3n) is 5.92. The van der Waals surface area contributed by atoms with Gasteiger partial charge in [0.2, 0.25) is 5.95 Å². The van der Waals surface area contributed by atoms with Gasteiger partial charge in [-0.05, 0) is 38.2 Å². The Morgan fingerprint density at radius 3 is 2.82 bits per heavy atom. The summed E-state index contributed by atoms with van der Waals surface area (Å²) in [5.41, 5.74) is 3.46. The zero-order chi connectivity index (χ0) is 19.1. The number of ether oxygens (including phenoxy) is 1. The summed E-state index contributed by atoms with van der Waals surface area (Å²) in [4.78, 5) is 9.23. The fraction of sp³-hybridized carbons (Fsp3) is 0.429. The largest absolute Gasteiger partial charge is 0.381 e. The zero-order valence-electron chi connectivity index (χ0n) is 15.9. The zero-order valence-corrected chi connectivity index (χ0v) is 15.9. The minimum Gasteiger partial charge on any atom is -0.381 e. The lowest BCUT2D eigenvalue weighted by molar-refractivity contribution is 0.0657. The van der Waals surface area contributed by atoms with Gasteiger partial charge in [0.25, 0.3) is 0 Å². The Balaban J connectivity index is 1.47. The second kappa shape index (κ2) is 6.57. The highest BCUT2D eigenvalue weighted by atomic mass is 16.5. The number of hydrogen-bond acceptors (Lipinski definition) is 6. The van der Waals surface area contributed by atoms with Crippen LogP contribution in [0.2, 0.25) is 0 Å². The van der Waals surface area contributed by atoms with E-state index in [1.807, 2.05) is 30.6 Å². The van der Waals surface area contributed by atoms with Gasteiger partial charge < -0.3 is 10.1 Å². The molecule has 0 spiro atoms. The summed E-state index contributed by atoms with van der Waals surface area (Å²) in [5, 5.41) is 18.5. The van der Waals surface area contributed by atoms with E-state index in [2.05, 4.69) is 33.1 Å². The second-order valence-corrected chi connectivity index (χ2v) is 7.69. The van der Waals surface area contributed by atoms with Gasteiger partial charge in [-0.3, -0.25) is 4.68 Å². The topological polar surface area (TPSA) is 88.7 Å². The molecule has 0 atom stereocenters. The van der Waals surface area contributed by atoms with Crippen molar-refractivity contribution in [2.45, 2.75) is 44.1 Å². The van der Waals surface area contributed by atoms with Crippen LogP contribution in [0.3, 0.4) is 0 Å². The van der Waals surface area contributed by atoms with Crippen molar-refractivity contribution in [3.8, 4) is 6.07 Å². The molecule has 3 aromatic rings. The van der Waals surface area contributed by atoms with Gasteiger partial charge in [-0.25, -0.2) is 9.97 Å². The van der Waals surface area contributed by atoms with Crippen molar-refractivity contribution in [2.24, 2.45) is 0 Å². The van der Waals surface area contributed by atoms with Gasteiger partial charge in [0.05, 0.1) is 40.6 Å². The fourth-order valence-electron chi connectivity index (χ4n) is 4.03. The number of aromatic nitrogens is 4. The molecule has 28 heavy (non-hydrogen) atoms. The number of nitriles is 1. The van der Waals surface area contributed by atoms with Crippen LogP contribution in [-0.2, 0) is 10.2 Å². The van der Waals surface area contributed by atoms with Gasteiger partial charge >= 0.3 is 0 Å². The van der Waals surface area contributed by atoms with E-state index in [9.17, 15) is 5.26 Å². The number of anilines is 2. The van der Waals surface area contributed by atoms with E-state index in [1.165, 1.54) is 0 Å². The molecule has 2 aliphatic rings. The van der Waals surface area contributed by atoms with Crippen molar-refractivity contribution in [3.63, 3.8) is 0 Å². The summed E-state index contributed by atoms with van der Waals surface area (Å²) in [6.45, 7) is 3.63. The Labute approximate surface area is 163 Å². The van der Waals surface area contributed by atoms with Gasteiger partial charge in [0.1, 0.15) is 0 Å². The van der Waals surface area contributed by atoms with Crippen LogP contribution in [0.4, 0.5) is 11.6 Å². The van der Waals surface area contributed by atoms with Gasteiger partial charge in [-0.1, -0.05) is 18.2 Å². The molecule has 0 bridgehead atoms. The molecule has 7 nitrogen and oxygen atoms in total. The highest BCUT2D eigenvalue weighted by Crippen LogP contribution is 2.49. The molecule has 2 aromatic heterocycles. The molecule has 1 aliphatic carbocycles. The summed E-state index contributed by atoms with van der Waals surface area (Å²) < 4.78 is 7.53. The molecule has 1 aliphatic heterocycles. The van der Waals surface area contributed by atoms with Crippen LogP contribution in [0.1, 0.15) is 43.0 Å². The predicted octanol–water partition coefficient (Wildman–Crippen LogP) is 3.79. The van der Waals surface area contributed by atoms with Gasteiger partial charge in [0.15, 0.2) is 0 Å². The van der Waals surface area contributed by atoms with Crippen molar-refractivity contribution in [1.82, 2.24) is 19.7 Å². The maximum atomic E-state index is 9.61. The van der Waals surface area contributed by atoms with E-state index in [-0.39, 0.29) is 5.41 Å². The van der Waals surface area contributed by atoms with Crippen LogP contribution in [0.25, 0.3) is 10.9 Å².